The molecule has 122 valence electrons. The molecule has 1 aromatic carbocycles. The van der Waals surface area contributed by atoms with Gasteiger partial charge in [-0.2, -0.15) is 0 Å². The number of carbonyl (C=O) groups excluding carboxylic acids is 1. The number of aromatic nitrogens is 3. The van der Waals surface area contributed by atoms with Crippen LogP contribution in [0, 0.1) is 6.92 Å². The Bertz CT molecular complexity index is 984. The van der Waals surface area contributed by atoms with Gasteiger partial charge in [0.2, 0.25) is 5.91 Å². The number of hydrogen-bond acceptors (Lipinski definition) is 5. The van der Waals surface area contributed by atoms with Gasteiger partial charge in [-0.15, -0.1) is 0 Å². The van der Waals surface area contributed by atoms with Gasteiger partial charge >= 0.3 is 0 Å². The van der Waals surface area contributed by atoms with Crippen LogP contribution in [-0.4, -0.2) is 25.7 Å². The van der Waals surface area contributed by atoms with E-state index in [1.54, 1.807) is 31.2 Å². The fourth-order valence-electron chi connectivity index (χ4n) is 2.26. The summed E-state index contributed by atoms with van der Waals surface area (Å²) in [5.41, 5.74) is 6.49. The first-order valence-corrected chi connectivity index (χ1v) is 8.27. The van der Waals surface area contributed by atoms with E-state index < -0.39 is 11.2 Å². The van der Waals surface area contributed by atoms with Crippen molar-refractivity contribution in [1.29, 1.82) is 0 Å². The number of carbonyl (C=O) groups is 1. The predicted molar refractivity (Wildman–Crippen MR) is 94.4 cm³/mol. The van der Waals surface area contributed by atoms with E-state index in [4.69, 9.17) is 5.73 Å². The molecule has 6 nitrogen and oxygen atoms in total. The first kappa shape index (κ1) is 16.2. The largest absolute Gasteiger partial charge is 0.369 e. The Morgan fingerprint density at radius 1 is 1.17 bits per heavy atom. The summed E-state index contributed by atoms with van der Waals surface area (Å²) >= 11 is 1.15. The van der Waals surface area contributed by atoms with Crippen LogP contribution in [0.25, 0.3) is 16.7 Å². The lowest BCUT2D eigenvalue weighted by molar-refractivity contribution is -0.117. The normalized spacial score (nSPS) is 12.2. The number of pyridine rings is 1. The van der Waals surface area contributed by atoms with Crippen LogP contribution in [0.15, 0.2) is 52.4 Å². The molecular weight excluding hydrogens is 324 g/mol. The van der Waals surface area contributed by atoms with Gasteiger partial charge in [0.05, 0.1) is 16.2 Å². The van der Waals surface area contributed by atoms with Crippen LogP contribution in [0.4, 0.5) is 0 Å². The monoisotopic (exact) mass is 340 g/mol. The van der Waals surface area contributed by atoms with E-state index >= 15 is 0 Å². The molecule has 2 aromatic heterocycles. The van der Waals surface area contributed by atoms with Crippen molar-refractivity contribution in [1.82, 2.24) is 14.5 Å². The quantitative estimate of drug-likeness (QED) is 0.580. The summed E-state index contributed by atoms with van der Waals surface area (Å²) in [4.78, 5) is 33.4. The third-order valence-corrected chi connectivity index (χ3v) is 4.60. The number of aryl methyl sites for hydroxylation is 1. The molecule has 0 aliphatic rings. The fourth-order valence-corrected chi connectivity index (χ4v) is 3.13. The molecule has 1 amide bonds. The number of nitrogens with zero attached hydrogens (tertiary/aromatic N) is 3. The van der Waals surface area contributed by atoms with E-state index in [9.17, 15) is 9.59 Å². The minimum absolute atomic E-state index is 0.224. The highest BCUT2D eigenvalue weighted by molar-refractivity contribution is 8.00. The summed E-state index contributed by atoms with van der Waals surface area (Å²) < 4.78 is 1.43. The molecule has 0 aliphatic carbocycles. The number of thioether (sulfide) groups is 1. The summed E-state index contributed by atoms with van der Waals surface area (Å²) in [6, 6.07) is 12.5. The third kappa shape index (κ3) is 3.03. The summed E-state index contributed by atoms with van der Waals surface area (Å²) in [5, 5.41) is 0.370. The molecule has 0 saturated carbocycles. The molecular formula is C17H16N4O2S. The summed E-state index contributed by atoms with van der Waals surface area (Å²) in [7, 11) is 0. The molecule has 0 bridgehead atoms. The van der Waals surface area contributed by atoms with Crippen molar-refractivity contribution in [2.75, 3.05) is 0 Å². The Labute approximate surface area is 142 Å². The Hall–Kier alpha value is -2.67. The minimum Gasteiger partial charge on any atom is -0.369 e. The summed E-state index contributed by atoms with van der Waals surface area (Å²) in [6.07, 6.45) is 0. The SMILES string of the molecule is Cc1cccc(-n2c(SC(C)C(N)=O)nc3ccccc3c2=O)n1. The minimum atomic E-state index is -0.519. The summed E-state index contributed by atoms with van der Waals surface area (Å²) in [6.45, 7) is 3.53. The van der Waals surface area contributed by atoms with Crippen LogP contribution >= 0.6 is 11.8 Å². The Morgan fingerprint density at radius 2 is 1.92 bits per heavy atom. The number of primary amides is 1. The van der Waals surface area contributed by atoms with Gasteiger partial charge in [-0.25, -0.2) is 14.5 Å². The maximum Gasteiger partial charge on any atom is 0.267 e. The fraction of sp³-hybridized carbons (Fsp3) is 0.176. The lowest BCUT2D eigenvalue weighted by Gasteiger charge is -2.14. The molecule has 1 unspecified atom stereocenters. The average molecular weight is 340 g/mol. The number of benzene rings is 1. The molecule has 0 radical (unpaired) electrons. The predicted octanol–water partition coefficient (Wildman–Crippen LogP) is 2.06. The molecule has 1 atom stereocenters. The molecule has 2 heterocycles. The number of nitrogens with two attached hydrogens (primary N) is 1. The van der Waals surface area contributed by atoms with E-state index in [2.05, 4.69) is 9.97 Å². The molecule has 3 rings (SSSR count). The van der Waals surface area contributed by atoms with E-state index in [-0.39, 0.29) is 5.56 Å². The van der Waals surface area contributed by atoms with Crippen LogP contribution in [0.3, 0.4) is 0 Å². The Balaban J connectivity index is 2.29. The van der Waals surface area contributed by atoms with Gasteiger partial charge in [0.25, 0.3) is 5.56 Å². The highest BCUT2D eigenvalue weighted by Gasteiger charge is 2.19. The zero-order chi connectivity index (χ0) is 17.3. The Kier molecular flexibility index (Phi) is 4.35. The zero-order valence-corrected chi connectivity index (χ0v) is 14.1. The first-order chi connectivity index (χ1) is 11.5. The average Bonchev–Trinajstić information content (AvgIpc) is 2.55. The molecule has 0 aliphatic heterocycles. The highest BCUT2D eigenvalue weighted by atomic mass is 32.2. The topological polar surface area (TPSA) is 90.9 Å². The smallest absolute Gasteiger partial charge is 0.267 e. The van der Waals surface area contributed by atoms with Crippen LogP contribution in [0.1, 0.15) is 12.6 Å². The molecule has 3 aromatic rings. The lowest BCUT2D eigenvalue weighted by Crippen LogP contribution is -2.27. The van der Waals surface area contributed by atoms with Crippen molar-refractivity contribution < 1.29 is 4.79 Å². The van der Waals surface area contributed by atoms with Gasteiger partial charge in [0.1, 0.15) is 5.82 Å². The number of amides is 1. The number of para-hydroxylation sites is 1. The van der Waals surface area contributed by atoms with E-state index in [1.165, 1.54) is 4.57 Å². The molecule has 0 saturated heterocycles. The zero-order valence-electron chi connectivity index (χ0n) is 13.3. The molecule has 0 spiro atoms. The molecule has 24 heavy (non-hydrogen) atoms. The van der Waals surface area contributed by atoms with Crippen LogP contribution in [-0.2, 0) is 4.79 Å². The van der Waals surface area contributed by atoms with Gasteiger partial charge in [0.15, 0.2) is 5.16 Å². The third-order valence-electron chi connectivity index (χ3n) is 3.53. The van der Waals surface area contributed by atoms with E-state index in [0.29, 0.717) is 21.9 Å². The molecule has 7 heteroatoms. The second-order valence-electron chi connectivity index (χ2n) is 5.35. The maximum absolute atomic E-state index is 13.0. The lowest BCUT2D eigenvalue weighted by atomic mass is 10.2. The van der Waals surface area contributed by atoms with Gasteiger partial charge < -0.3 is 5.73 Å². The van der Waals surface area contributed by atoms with Crippen LogP contribution in [0.5, 0.6) is 0 Å². The number of rotatable bonds is 4. The molecule has 2 N–H and O–H groups in total. The van der Waals surface area contributed by atoms with Crippen molar-refractivity contribution in [2.24, 2.45) is 5.73 Å². The second-order valence-corrected chi connectivity index (χ2v) is 6.66. The van der Waals surface area contributed by atoms with Gasteiger partial charge in [-0.05, 0) is 38.1 Å². The maximum atomic E-state index is 13.0. The van der Waals surface area contributed by atoms with E-state index in [0.717, 1.165) is 17.5 Å². The van der Waals surface area contributed by atoms with Crippen molar-refractivity contribution in [3.8, 4) is 5.82 Å². The van der Waals surface area contributed by atoms with E-state index in [1.807, 2.05) is 25.1 Å². The van der Waals surface area contributed by atoms with Gasteiger partial charge in [-0.1, -0.05) is 30.0 Å². The van der Waals surface area contributed by atoms with Gasteiger partial charge in [0, 0.05) is 5.69 Å². The van der Waals surface area contributed by atoms with Gasteiger partial charge in [-0.3, -0.25) is 9.59 Å². The van der Waals surface area contributed by atoms with Crippen molar-refractivity contribution >= 4 is 28.6 Å². The van der Waals surface area contributed by atoms with Crippen molar-refractivity contribution in [3.63, 3.8) is 0 Å². The van der Waals surface area contributed by atoms with Crippen molar-refractivity contribution in [3.05, 3.63) is 58.5 Å². The first-order valence-electron chi connectivity index (χ1n) is 7.39. The second kappa shape index (κ2) is 6.45. The standard InChI is InChI=1S/C17H16N4O2S/c1-10-6-5-9-14(19-10)21-16(23)12-7-3-4-8-13(12)20-17(21)24-11(2)15(18)22/h3-9,11H,1-2H3,(H2,18,22). The molecule has 0 fully saturated rings. The highest BCUT2D eigenvalue weighted by Crippen LogP contribution is 2.24. The van der Waals surface area contributed by atoms with Crippen LogP contribution < -0.4 is 11.3 Å². The number of fused-ring (bicyclic) bond motifs is 1. The Morgan fingerprint density at radius 3 is 2.62 bits per heavy atom. The van der Waals surface area contributed by atoms with Crippen LogP contribution in [0.2, 0.25) is 0 Å². The number of hydrogen-bond donors (Lipinski definition) is 1. The van der Waals surface area contributed by atoms with Crippen molar-refractivity contribution in [2.45, 2.75) is 24.3 Å². The summed E-state index contributed by atoms with van der Waals surface area (Å²) in [5.74, 6) is 0.00332.